The van der Waals surface area contributed by atoms with Gasteiger partial charge in [0.05, 0.1) is 7.11 Å². The molecule has 1 aromatic carbocycles. The zero-order valence-electron chi connectivity index (χ0n) is 6.43. The van der Waals surface area contributed by atoms with Gasteiger partial charge in [0.25, 0.3) is 0 Å². The van der Waals surface area contributed by atoms with Crippen LogP contribution in [0.15, 0.2) is 12.1 Å². The topological polar surface area (TPSA) is 9.23 Å². The van der Waals surface area contributed by atoms with E-state index in [0.717, 1.165) is 5.56 Å². The van der Waals surface area contributed by atoms with Gasteiger partial charge in [-0.2, -0.15) is 0 Å². The summed E-state index contributed by atoms with van der Waals surface area (Å²) >= 11 is 16.6. The zero-order chi connectivity index (χ0) is 9.14. The minimum Gasteiger partial charge on any atom is -0.497 e. The Bertz CT molecular complexity index is 265. The summed E-state index contributed by atoms with van der Waals surface area (Å²) in [7, 11) is 1.56. The zero-order valence-corrected chi connectivity index (χ0v) is 8.76. The average molecular weight is 222 g/mol. The average Bonchev–Trinajstić information content (AvgIpc) is 2.03. The summed E-state index contributed by atoms with van der Waals surface area (Å²) in [6.45, 7) is 0. The van der Waals surface area contributed by atoms with E-state index >= 15 is 0 Å². The van der Waals surface area contributed by atoms with Gasteiger partial charge >= 0.3 is 0 Å². The van der Waals surface area contributed by atoms with Gasteiger partial charge in [-0.3, -0.25) is 0 Å². The monoisotopic (exact) mass is 221 g/mol. The number of methoxy groups -OCH3 is 1. The van der Waals surface area contributed by atoms with Crippen molar-refractivity contribution in [1.82, 2.24) is 0 Å². The fraction of sp³-hybridized carbons (Fsp3) is 0.250. The van der Waals surface area contributed by atoms with E-state index in [4.69, 9.17) is 40.6 Å². The van der Waals surface area contributed by atoms with E-state index in [1.54, 1.807) is 19.2 Å². The molecule has 0 saturated heterocycles. The number of rotatable bonds is 2. The van der Waals surface area contributed by atoms with Crippen LogP contribution < -0.4 is 4.74 Å². The third kappa shape index (κ3) is 2.00. The minimum atomic E-state index is 0.418. The highest BCUT2D eigenvalue weighted by Crippen LogP contribution is 2.30. The quantitative estimate of drug-likeness (QED) is 0.741. The van der Waals surface area contributed by atoms with Crippen LogP contribution in [0, 0.1) is 0 Å². The second kappa shape index (κ2) is 4.26. The van der Waals surface area contributed by atoms with Crippen LogP contribution in [0.4, 0.5) is 0 Å². The van der Waals surface area contributed by atoms with Crippen molar-refractivity contribution in [2.75, 3.05) is 7.11 Å². The molecule has 0 fully saturated rings. The molecule has 0 aromatic heterocycles. The molecule has 12 heavy (non-hydrogen) atoms. The van der Waals surface area contributed by atoms with E-state index in [-0.39, 0.29) is 0 Å². The fourth-order valence-corrected chi connectivity index (χ4v) is 1.91. The Balaban J connectivity index is 3.18. The maximum Gasteiger partial charge on any atom is 0.121 e. The molecule has 1 rings (SSSR count). The molecule has 0 N–H and O–H groups in total. The first-order valence-corrected chi connectivity index (χ1v) is 4.62. The van der Waals surface area contributed by atoms with Gasteiger partial charge in [0, 0.05) is 21.4 Å². The van der Waals surface area contributed by atoms with E-state index in [1.165, 1.54) is 0 Å². The lowest BCUT2D eigenvalue weighted by molar-refractivity contribution is 0.415. The summed E-state index contributed by atoms with van der Waals surface area (Å²) in [4.78, 5) is 0. The van der Waals surface area contributed by atoms with Gasteiger partial charge in [-0.05, 0) is 12.1 Å². The summed E-state index contributed by atoms with van der Waals surface area (Å²) in [6.07, 6.45) is 0. The van der Waals surface area contributed by atoms with Gasteiger partial charge in [0.2, 0.25) is 0 Å². The molecule has 0 saturated carbocycles. The molecule has 0 atom stereocenters. The number of benzene rings is 1. The van der Waals surface area contributed by atoms with Gasteiger partial charge in [0.15, 0.2) is 0 Å². The molecule has 4 heteroatoms. The summed E-state index contributed by atoms with van der Waals surface area (Å²) in [5.74, 6) is 1.07. The SMILES string of the molecule is COc1cc(Cl)c(C[S])c(Cl)c1. The first-order valence-electron chi connectivity index (χ1n) is 3.29. The van der Waals surface area contributed by atoms with Crippen LogP contribution in [-0.4, -0.2) is 7.11 Å². The Morgan fingerprint density at radius 2 is 1.83 bits per heavy atom. The molecule has 65 valence electrons. The molecule has 0 unspecified atom stereocenters. The number of ether oxygens (including phenoxy) is 1. The third-order valence-corrected chi connectivity index (χ3v) is 2.46. The Morgan fingerprint density at radius 1 is 1.33 bits per heavy atom. The van der Waals surface area contributed by atoms with Gasteiger partial charge in [-0.25, -0.2) is 0 Å². The van der Waals surface area contributed by atoms with Crippen molar-refractivity contribution in [1.29, 1.82) is 0 Å². The summed E-state index contributed by atoms with van der Waals surface area (Å²) in [6, 6.07) is 3.41. The second-order valence-corrected chi connectivity index (χ2v) is 3.32. The molecule has 0 bridgehead atoms. The maximum absolute atomic E-state index is 5.88. The van der Waals surface area contributed by atoms with Crippen LogP contribution in [0.1, 0.15) is 5.56 Å². The van der Waals surface area contributed by atoms with Crippen LogP contribution >= 0.6 is 35.8 Å². The highest BCUT2D eigenvalue weighted by Gasteiger charge is 2.06. The summed E-state index contributed by atoms with van der Waals surface area (Å²) in [5.41, 5.74) is 0.786. The van der Waals surface area contributed by atoms with E-state index in [0.29, 0.717) is 21.5 Å². The largest absolute Gasteiger partial charge is 0.497 e. The van der Waals surface area contributed by atoms with Crippen molar-refractivity contribution in [2.24, 2.45) is 0 Å². The lowest BCUT2D eigenvalue weighted by Gasteiger charge is -2.06. The molecule has 1 nitrogen and oxygen atoms in total. The first-order chi connectivity index (χ1) is 5.69. The Labute approximate surface area is 87.0 Å². The number of halogens is 2. The van der Waals surface area contributed by atoms with Gasteiger partial charge < -0.3 is 4.74 Å². The molecule has 0 heterocycles. The molecule has 0 aliphatic rings. The van der Waals surface area contributed by atoms with Crippen molar-refractivity contribution in [3.05, 3.63) is 27.7 Å². The predicted octanol–water partition coefficient (Wildman–Crippen LogP) is 3.70. The van der Waals surface area contributed by atoms with E-state index in [1.807, 2.05) is 0 Å². The molecule has 0 aliphatic heterocycles. The molecular weight excluding hydrogens is 215 g/mol. The van der Waals surface area contributed by atoms with Crippen molar-refractivity contribution < 1.29 is 4.74 Å². The fourth-order valence-electron chi connectivity index (χ4n) is 0.836. The molecule has 1 aromatic rings. The molecular formula is C8H7Cl2OS. The van der Waals surface area contributed by atoms with Gasteiger partial charge in [-0.1, -0.05) is 35.8 Å². The van der Waals surface area contributed by atoms with Crippen LogP contribution in [0.25, 0.3) is 0 Å². The van der Waals surface area contributed by atoms with Crippen LogP contribution in [0.5, 0.6) is 5.75 Å². The third-order valence-electron chi connectivity index (χ3n) is 1.49. The smallest absolute Gasteiger partial charge is 0.121 e. The van der Waals surface area contributed by atoms with E-state index in [9.17, 15) is 0 Å². The maximum atomic E-state index is 5.88. The molecule has 1 radical (unpaired) electrons. The standard InChI is InChI=1S/C8H7Cl2OS/c1-11-5-2-7(9)6(4-12)8(10)3-5/h2-3H,4H2,1H3. The lowest BCUT2D eigenvalue weighted by Crippen LogP contribution is -1.87. The predicted molar refractivity (Wildman–Crippen MR) is 54.3 cm³/mol. The Hall–Kier alpha value is -0.0500. The van der Waals surface area contributed by atoms with Gasteiger partial charge in [0.1, 0.15) is 5.75 Å². The normalized spacial score (nSPS) is 10.0. The van der Waals surface area contributed by atoms with Crippen molar-refractivity contribution in [2.45, 2.75) is 5.75 Å². The van der Waals surface area contributed by atoms with Gasteiger partial charge in [-0.15, -0.1) is 0 Å². The van der Waals surface area contributed by atoms with Crippen LogP contribution in [0.2, 0.25) is 10.0 Å². The summed E-state index contributed by atoms with van der Waals surface area (Å²) < 4.78 is 4.97. The van der Waals surface area contributed by atoms with Crippen molar-refractivity contribution in [3.8, 4) is 5.75 Å². The summed E-state index contributed by atoms with van der Waals surface area (Å²) in [5, 5.41) is 1.13. The first kappa shape index (κ1) is 10.0. The minimum absolute atomic E-state index is 0.418. The highest BCUT2D eigenvalue weighted by atomic mass is 35.5. The molecule has 0 amide bonds. The van der Waals surface area contributed by atoms with Crippen molar-refractivity contribution >= 4 is 35.8 Å². The number of hydrogen-bond acceptors (Lipinski definition) is 1. The number of hydrogen-bond donors (Lipinski definition) is 0. The second-order valence-electron chi connectivity index (χ2n) is 2.21. The lowest BCUT2D eigenvalue weighted by atomic mass is 10.2. The molecule has 0 spiro atoms. The van der Waals surface area contributed by atoms with Crippen LogP contribution in [0.3, 0.4) is 0 Å². The van der Waals surface area contributed by atoms with Crippen molar-refractivity contribution in [3.63, 3.8) is 0 Å². The molecule has 0 aliphatic carbocycles. The van der Waals surface area contributed by atoms with E-state index < -0.39 is 0 Å². The Morgan fingerprint density at radius 3 is 2.17 bits per heavy atom. The van der Waals surface area contributed by atoms with E-state index in [2.05, 4.69) is 0 Å². The highest BCUT2D eigenvalue weighted by molar-refractivity contribution is 7.79. The van der Waals surface area contributed by atoms with Crippen LogP contribution in [-0.2, 0) is 5.75 Å². The Kier molecular flexibility index (Phi) is 3.56.